The first-order valence-corrected chi connectivity index (χ1v) is 5.76. The second-order valence-electron chi connectivity index (χ2n) is 4.47. The number of rotatable bonds is 5. The Balaban J connectivity index is 2.99. The molecule has 0 aromatic carbocycles. The van der Waals surface area contributed by atoms with Crippen molar-refractivity contribution in [2.24, 2.45) is 0 Å². The fourth-order valence-electron chi connectivity index (χ4n) is 1.56. The summed E-state index contributed by atoms with van der Waals surface area (Å²) < 4.78 is 4.81. The molecule has 1 rings (SSSR count). The van der Waals surface area contributed by atoms with Gasteiger partial charge in [0.25, 0.3) is 5.91 Å². The number of hydrogen-bond donors (Lipinski definition) is 2. The lowest BCUT2D eigenvalue weighted by molar-refractivity contribution is -0.145. The number of amides is 1. The van der Waals surface area contributed by atoms with Crippen LogP contribution in [0.15, 0.2) is 12.1 Å². The summed E-state index contributed by atoms with van der Waals surface area (Å²) >= 11 is 0. The lowest BCUT2D eigenvalue weighted by Crippen LogP contribution is -2.55. The molecule has 7 nitrogen and oxygen atoms in total. The van der Waals surface area contributed by atoms with Gasteiger partial charge >= 0.3 is 5.97 Å². The summed E-state index contributed by atoms with van der Waals surface area (Å²) in [5.74, 6) is -1.85. The highest BCUT2D eigenvalue weighted by Gasteiger charge is 2.35. The predicted octanol–water partition coefficient (Wildman–Crippen LogP) is 0.481. The maximum atomic E-state index is 12.0. The fraction of sp³-hybridized carbons (Fsp3) is 0.385. The molecule has 1 amide bonds. The Kier molecular flexibility index (Phi) is 4.78. The fourth-order valence-corrected chi connectivity index (χ4v) is 1.56. The van der Waals surface area contributed by atoms with E-state index in [0.29, 0.717) is 11.3 Å². The summed E-state index contributed by atoms with van der Waals surface area (Å²) in [5, 5.41) is 20.3. The van der Waals surface area contributed by atoms with Gasteiger partial charge in [-0.25, -0.2) is 9.78 Å². The number of nitrogens with zero attached hydrogens (tertiary/aromatic N) is 2. The highest BCUT2D eigenvalue weighted by molar-refractivity contribution is 5.96. The Morgan fingerprint density at radius 1 is 1.55 bits per heavy atom. The molecule has 1 aromatic rings. The summed E-state index contributed by atoms with van der Waals surface area (Å²) in [6.45, 7) is 2.76. The maximum absolute atomic E-state index is 12.0. The summed E-state index contributed by atoms with van der Waals surface area (Å²) in [6, 6.07) is 4.77. The van der Waals surface area contributed by atoms with E-state index < -0.39 is 17.4 Å². The number of nitrogens with one attached hydrogen (secondary N) is 1. The van der Waals surface area contributed by atoms with Gasteiger partial charge in [-0.2, -0.15) is 5.26 Å². The van der Waals surface area contributed by atoms with Crippen LogP contribution in [0.5, 0.6) is 0 Å². The molecule has 1 atom stereocenters. The standard InChI is InChI=1S/C13H15N3O4/c1-8-9(6-14)4-5-10(15-8)11(17)16-13(2,7-20-3)12(18)19/h4-5H,7H2,1-3H3,(H,16,17)(H,18,19). The number of hydrogen-bond acceptors (Lipinski definition) is 5. The second-order valence-corrected chi connectivity index (χ2v) is 4.47. The van der Waals surface area contributed by atoms with Crippen molar-refractivity contribution in [3.8, 4) is 6.07 Å². The molecule has 0 fully saturated rings. The number of pyridine rings is 1. The number of carbonyl (C=O) groups excluding carboxylic acids is 1. The smallest absolute Gasteiger partial charge is 0.331 e. The Labute approximate surface area is 116 Å². The molecule has 0 saturated carbocycles. The number of ether oxygens (including phenoxy) is 1. The number of aryl methyl sites for hydroxylation is 1. The van der Waals surface area contributed by atoms with Gasteiger partial charge in [0.1, 0.15) is 11.8 Å². The van der Waals surface area contributed by atoms with Crippen LogP contribution in [-0.4, -0.2) is 41.2 Å². The van der Waals surface area contributed by atoms with Crippen molar-refractivity contribution >= 4 is 11.9 Å². The van der Waals surface area contributed by atoms with Crippen LogP contribution in [0.25, 0.3) is 0 Å². The van der Waals surface area contributed by atoms with Crippen LogP contribution in [0.1, 0.15) is 28.7 Å². The summed E-state index contributed by atoms with van der Waals surface area (Å²) in [4.78, 5) is 27.2. The van der Waals surface area contributed by atoms with Crippen molar-refractivity contribution in [3.05, 3.63) is 29.1 Å². The van der Waals surface area contributed by atoms with Crippen molar-refractivity contribution in [2.45, 2.75) is 19.4 Å². The van der Waals surface area contributed by atoms with Gasteiger partial charge in [0.2, 0.25) is 0 Å². The third-order valence-electron chi connectivity index (χ3n) is 2.73. The quantitative estimate of drug-likeness (QED) is 0.809. The first kappa shape index (κ1) is 15.6. The molecule has 0 aliphatic rings. The van der Waals surface area contributed by atoms with Gasteiger partial charge in [-0.05, 0) is 26.0 Å². The van der Waals surface area contributed by atoms with Gasteiger partial charge in [0.15, 0.2) is 5.54 Å². The molecule has 0 bridgehead atoms. The van der Waals surface area contributed by atoms with Crippen molar-refractivity contribution in [1.29, 1.82) is 5.26 Å². The van der Waals surface area contributed by atoms with E-state index in [1.54, 1.807) is 6.92 Å². The first-order chi connectivity index (χ1) is 9.34. The van der Waals surface area contributed by atoms with Crippen molar-refractivity contribution in [2.75, 3.05) is 13.7 Å². The number of carbonyl (C=O) groups is 2. The van der Waals surface area contributed by atoms with Crippen LogP contribution in [0.3, 0.4) is 0 Å². The zero-order valence-corrected chi connectivity index (χ0v) is 11.4. The largest absolute Gasteiger partial charge is 0.479 e. The van der Waals surface area contributed by atoms with Gasteiger partial charge in [0, 0.05) is 7.11 Å². The van der Waals surface area contributed by atoms with Crippen molar-refractivity contribution in [3.63, 3.8) is 0 Å². The van der Waals surface area contributed by atoms with E-state index in [9.17, 15) is 9.59 Å². The highest BCUT2D eigenvalue weighted by atomic mass is 16.5. The minimum atomic E-state index is -1.55. The zero-order chi connectivity index (χ0) is 15.3. The highest BCUT2D eigenvalue weighted by Crippen LogP contribution is 2.09. The van der Waals surface area contributed by atoms with Gasteiger partial charge in [-0.1, -0.05) is 0 Å². The number of methoxy groups -OCH3 is 1. The topological polar surface area (TPSA) is 112 Å². The number of aliphatic carboxylic acids is 1. The number of carboxylic acid groups (broad SMARTS) is 1. The van der Waals surface area contributed by atoms with Crippen LogP contribution in [0, 0.1) is 18.3 Å². The van der Waals surface area contributed by atoms with Crippen molar-refractivity contribution < 1.29 is 19.4 Å². The Bertz CT molecular complexity index is 579. The van der Waals surface area contributed by atoms with Gasteiger partial charge < -0.3 is 15.2 Å². The minimum Gasteiger partial charge on any atom is -0.479 e. The van der Waals surface area contributed by atoms with Crippen LogP contribution >= 0.6 is 0 Å². The average Bonchev–Trinajstić information content (AvgIpc) is 2.38. The molecule has 2 N–H and O–H groups in total. The average molecular weight is 277 g/mol. The third-order valence-corrected chi connectivity index (χ3v) is 2.73. The molecule has 0 aliphatic carbocycles. The molecule has 0 aliphatic heterocycles. The van der Waals surface area contributed by atoms with Gasteiger partial charge in [-0.3, -0.25) is 4.79 Å². The predicted molar refractivity (Wildman–Crippen MR) is 69.1 cm³/mol. The number of nitriles is 1. The van der Waals surface area contributed by atoms with E-state index in [0.717, 1.165) is 0 Å². The summed E-state index contributed by atoms with van der Waals surface area (Å²) in [7, 11) is 1.34. The maximum Gasteiger partial charge on any atom is 0.331 e. The molecule has 20 heavy (non-hydrogen) atoms. The zero-order valence-electron chi connectivity index (χ0n) is 11.4. The molecule has 7 heteroatoms. The van der Waals surface area contributed by atoms with E-state index in [1.165, 1.54) is 26.2 Å². The molecular formula is C13H15N3O4. The van der Waals surface area contributed by atoms with Gasteiger partial charge in [-0.15, -0.1) is 0 Å². The van der Waals surface area contributed by atoms with Crippen molar-refractivity contribution in [1.82, 2.24) is 10.3 Å². The van der Waals surface area contributed by atoms with Crippen LogP contribution in [0.4, 0.5) is 0 Å². The molecule has 106 valence electrons. The molecule has 0 saturated heterocycles. The Hall–Kier alpha value is -2.46. The molecule has 1 heterocycles. The lowest BCUT2D eigenvalue weighted by Gasteiger charge is -2.25. The molecule has 0 spiro atoms. The van der Waals surface area contributed by atoms with E-state index in [2.05, 4.69) is 10.3 Å². The third kappa shape index (κ3) is 3.30. The van der Waals surface area contributed by atoms with Crippen LogP contribution < -0.4 is 5.32 Å². The summed E-state index contributed by atoms with van der Waals surface area (Å²) in [5.41, 5.74) is -0.733. The van der Waals surface area contributed by atoms with E-state index in [1.807, 2.05) is 6.07 Å². The minimum absolute atomic E-state index is 0.0464. The number of aromatic nitrogens is 1. The first-order valence-electron chi connectivity index (χ1n) is 5.76. The molecule has 0 radical (unpaired) electrons. The van der Waals surface area contributed by atoms with Gasteiger partial charge in [0.05, 0.1) is 17.9 Å². The van der Waals surface area contributed by atoms with E-state index >= 15 is 0 Å². The Morgan fingerprint density at radius 3 is 2.65 bits per heavy atom. The second kappa shape index (κ2) is 6.12. The Morgan fingerprint density at radius 2 is 2.20 bits per heavy atom. The number of carboxylic acids is 1. The van der Waals surface area contributed by atoms with E-state index in [-0.39, 0.29) is 12.3 Å². The lowest BCUT2D eigenvalue weighted by atomic mass is 10.0. The normalized spacial score (nSPS) is 13.1. The monoisotopic (exact) mass is 277 g/mol. The molecule has 1 unspecified atom stereocenters. The van der Waals surface area contributed by atoms with E-state index in [4.69, 9.17) is 15.1 Å². The van der Waals surface area contributed by atoms with Crippen LogP contribution in [-0.2, 0) is 9.53 Å². The molecular weight excluding hydrogens is 262 g/mol. The molecule has 1 aromatic heterocycles. The summed E-state index contributed by atoms with van der Waals surface area (Å²) in [6.07, 6.45) is 0. The van der Waals surface area contributed by atoms with Crippen LogP contribution in [0.2, 0.25) is 0 Å². The SMILES string of the molecule is COCC(C)(NC(=O)c1ccc(C#N)c(C)n1)C(=O)O.